The Balaban J connectivity index is 2.27. The lowest BCUT2D eigenvalue weighted by atomic mass is 9.94. The fourth-order valence-corrected chi connectivity index (χ4v) is 4.04. The first kappa shape index (κ1) is 21.0. The molecular formula is C22H27NO3S. The number of carbonyl (C=O) groups excluding carboxylic acids is 2. The molecule has 0 aliphatic heterocycles. The van der Waals surface area contributed by atoms with E-state index in [1.165, 1.54) is 0 Å². The Kier molecular flexibility index (Phi) is 6.71. The molecule has 2 aromatic carbocycles. The lowest BCUT2D eigenvalue weighted by molar-refractivity contribution is -0.129. The molecule has 0 aliphatic carbocycles. The standard InChI is InChI=1S/C22H27NO3S/c1-15(23-21(25)22(3,4)5)18-13-9-10-14-19(18)27(26)16(2)20(24)17-11-7-6-8-12-17/h6-16H,1-5H3,(H,23,25)/t15-,16?,27+/m1/s1. The van der Waals surface area contributed by atoms with E-state index in [1.54, 1.807) is 43.3 Å². The Morgan fingerprint density at radius 1 is 0.926 bits per heavy atom. The number of nitrogens with one attached hydrogen (secondary N) is 1. The van der Waals surface area contributed by atoms with Crippen LogP contribution in [0.4, 0.5) is 0 Å². The molecule has 0 aromatic heterocycles. The molecular weight excluding hydrogens is 358 g/mol. The smallest absolute Gasteiger partial charge is 0.225 e. The SMILES string of the molecule is CC(C(=O)c1ccccc1)[S@](=O)c1ccccc1[C@@H](C)NC(=O)C(C)(C)C. The zero-order chi connectivity index (χ0) is 20.2. The van der Waals surface area contributed by atoms with Gasteiger partial charge in [0.05, 0.1) is 22.1 Å². The minimum absolute atomic E-state index is 0.0796. The van der Waals surface area contributed by atoms with E-state index in [0.717, 1.165) is 5.56 Å². The van der Waals surface area contributed by atoms with Gasteiger partial charge in [-0.15, -0.1) is 0 Å². The molecule has 1 N–H and O–H groups in total. The third-order valence-electron chi connectivity index (χ3n) is 4.38. The van der Waals surface area contributed by atoms with Gasteiger partial charge in [0.15, 0.2) is 5.78 Å². The molecule has 1 amide bonds. The highest BCUT2D eigenvalue weighted by atomic mass is 32.2. The first-order valence-corrected chi connectivity index (χ1v) is 10.2. The molecule has 0 spiro atoms. The van der Waals surface area contributed by atoms with Crippen LogP contribution in [0, 0.1) is 5.41 Å². The highest BCUT2D eigenvalue weighted by Crippen LogP contribution is 2.25. The van der Waals surface area contributed by atoms with Gasteiger partial charge in [-0.25, -0.2) is 0 Å². The molecule has 144 valence electrons. The van der Waals surface area contributed by atoms with Crippen molar-refractivity contribution in [1.29, 1.82) is 0 Å². The van der Waals surface area contributed by atoms with Crippen molar-refractivity contribution in [2.24, 2.45) is 5.41 Å². The molecule has 0 bridgehead atoms. The average Bonchev–Trinajstić information content (AvgIpc) is 2.66. The maximum Gasteiger partial charge on any atom is 0.225 e. The van der Waals surface area contributed by atoms with E-state index in [4.69, 9.17) is 0 Å². The Bertz CT molecular complexity index is 840. The zero-order valence-corrected chi connectivity index (χ0v) is 17.3. The van der Waals surface area contributed by atoms with Crippen molar-refractivity contribution in [1.82, 2.24) is 5.32 Å². The molecule has 2 aromatic rings. The largest absolute Gasteiger partial charge is 0.349 e. The second-order valence-corrected chi connectivity index (χ2v) is 9.39. The molecule has 5 heteroatoms. The summed E-state index contributed by atoms with van der Waals surface area (Å²) in [5, 5.41) is 2.29. The van der Waals surface area contributed by atoms with Gasteiger partial charge in [-0.2, -0.15) is 0 Å². The van der Waals surface area contributed by atoms with Gasteiger partial charge in [-0.3, -0.25) is 13.8 Å². The van der Waals surface area contributed by atoms with Crippen LogP contribution >= 0.6 is 0 Å². The summed E-state index contributed by atoms with van der Waals surface area (Å²) in [5.74, 6) is -0.237. The van der Waals surface area contributed by atoms with Gasteiger partial charge in [0, 0.05) is 15.9 Å². The molecule has 0 heterocycles. The lowest BCUT2D eigenvalue weighted by Crippen LogP contribution is -2.37. The van der Waals surface area contributed by atoms with E-state index in [2.05, 4.69) is 5.32 Å². The van der Waals surface area contributed by atoms with Gasteiger partial charge in [0.25, 0.3) is 0 Å². The number of rotatable bonds is 6. The predicted octanol–water partition coefficient (Wildman–Crippen LogP) is 4.29. The topological polar surface area (TPSA) is 63.2 Å². The van der Waals surface area contributed by atoms with Gasteiger partial charge in [0.1, 0.15) is 0 Å². The quantitative estimate of drug-likeness (QED) is 0.755. The second-order valence-electron chi connectivity index (χ2n) is 7.65. The number of Topliss-reactive ketones (excluding diaryl/α,β-unsaturated/α-hetero) is 1. The molecule has 0 aliphatic rings. The second kappa shape index (κ2) is 8.61. The van der Waals surface area contributed by atoms with Crippen LogP contribution in [0.1, 0.15) is 56.6 Å². The average molecular weight is 386 g/mol. The number of carbonyl (C=O) groups is 2. The van der Waals surface area contributed by atoms with E-state index in [1.807, 2.05) is 45.9 Å². The van der Waals surface area contributed by atoms with Crippen LogP contribution < -0.4 is 5.32 Å². The van der Waals surface area contributed by atoms with Crippen LogP contribution in [0.15, 0.2) is 59.5 Å². The van der Waals surface area contributed by atoms with Crippen LogP contribution in [-0.4, -0.2) is 21.1 Å². The Morgan fingerprint density at radius 3 is 2.07 bits per heavy atom. The fraction of sp³-hybridized carbons (Fsp3) is 0.364. The fourth-order valence-electron chi connectivity index (χ4n) is 2.64. The number of amides is 1. The summed E-state index contributed by atoms with van der Waals surface area (Å²) in [4.78, 5) is 25.6. The van der Waals surface area contributed by atoms with Crippen LogP contribution in [0.3, 0.4) is 0 Å². The zero-order valence-electron chi connectivity index (χ0n) is 16.5. The van der Waals surface area contributed by atoms with Crippen LogP contribution in [-0.2, 0) is 15.6 Å². The molecule has 0 saturated carbocycles. The maximum absolute atomic E-state index is 13.1. The van der Waals surface area contributed by atoms with E-state index in [-0.39, 0.29) is 17.7 Å². The molecule has 0 fully saturated rings. The summed E-state index contributed by atoms with van der Waals surface area (Å²) < 4.78 is 13.1. The molecule has 3 atom stereocenters. The summed E-state index contributed by atoms with van der Waals surface area (Å²) in [5.41, 5.74) is 0.796. The minimum atomic E-state index is -1.53. The summed E-state index contributed by atoms with van der Waals surface area (Å²) in [6.45, 7) is 9.09. The van der Waals surface area contributed by atoms with E-state index in [0.29, 0.717) is 10.5 Å². The molecule has 0 saturated heterocycles. The number of benzene rings is 2. The van der Waals surface area contributed by atoms with Crippen molar-refractivity contribution in [3.05, 3.63) is 65.7 Å². The van der Waals surface area contributed by atoms with Crippen LogP contribution in [0.2, 0.25) is 0 Å². The Hall–Kier alpha value is -2.27. The van der Waals surface area contributed by atoms with Crippen LogP contribution in [0.5, 0.6) is 0 Å². The highest BCUT2D eigenvalue weighted by Gasteiger charge is 2.27. The highest BCUT2D eigenvalue weighted by molar-refractivity contribution is 7.86. The van der Waals surface area contributed by atoms with Crippen molar-refractivity contribution < 1.29 is 13.8 Å². The van der Waals surface area contributed by atoms with Gasteiger partial charge in [-0.05, 0) is 25.5 Å². The first-order valence-electron chi connectivity index (χ1n) is 9.02. The van der Waals surface area contributed by atoms with Crippen molar-refractivity contribution >= 4 is 22.5 Å². The first-order chi connectivity index (χ1) is 12.6. The van der Waals surface area contributed by atoms with Gasteiger partial charge >= 0.3 is 0 Å². The lowest BCUT2D eigenvalue weighted by Gasteiger charge is -2.24. The van der Waals surface area contributed by atoms with Gasteiger partial charge < -0.3 is 5.32 Å². The third kappa shape index (κ3) is 5.13. The number of ketones is 1. The van der Waals surface area contributed by atoms with Crippen molar-refractivity contribution in [3.8, 4) is 0 Å². The molecule has 0 radical (unpaired) electrons. The molecule has 2 rings (SSSR count). The van der Waals surface area contributed by atoms with E-state index >= 15 is 0 Å². The van der Waals surface area contributed by atoms with Crippen LogP contribution in [0.25, 0.3) is 0 Å². The monoisotopic (exact) mass is 385 g/mol. The molecule has 1 unspecified atom stereocenters. The van der Waals surface area contributed by atoms with Crippen molar-refractivity contribution in [2.75, 3.05) is 0 Å². The van der Waals surface area contributed by atoms with Crippen molar-refractivity contribution in [3.63, 3.8) is 0 Å². The van der Waals surface area contributed by atoms with Gasteiger partial charge in [-0.1, -0.05) is 69.3 Å². The summed E-state index contributed by atoms with van der Waals surface area (Å²) in [6, 6.07) is 15.8. The maximum atomic E-state index is 13.1. The normalized spacial score (nSPS) is 14.9. The minimum Gasteiger partial charge on any atom is -0.349 e. The predicted molar refractivity (Wildman–Crippen MR) is 109 cm³/mol. The molecule has 4 nitrogen and oxygen atoms in total. The number of hydrogen-bond donors (Lipinski definition) is 1. The summed E-state index contributed by atoms with van der Waals surface area (Å²) in [6.07, 6.45) is 0. The van der Waals surface area contributed by atoms with Crippen molar-refractivity contribution in [2.45, 2.75) is 50.8 Å². The Labute approximate surface area is 163 Å². The van der Waals surface area contributed by atoms with E-state index < -0.39 is 21.5 Å². The summed E-state index contributed by atoms with van der Waals surface area (Å²) in [7, 11) is -1.53. The van der Waals surface area contributed by atoms with Gasteiger partial charge in [0.2, 0.25) is 5.91 Å². The number of hydrogen-bond acceptors (Lipinski definition) is 3. The summed E-state index contributed by atoms with van der Waals surface area (Å²) >= 11 is 0. The molecule has 27 heavy (non-hydrogen) atoms. The third-order valence-corrected chi connectivity index (χ3v) is 6.04. The Morgan fingerprint density at radius 2 is 1.48 bits per heavy atom. The van der Waals surface area contributed by atoms with E-state index in [9.17, 15) is 13.8 Å².